The molecule has 108 valence electrons. The zero-order valence-corrected chi connectivity index (χ0v) is 13.2. The summed E-state index contributed by atoms with van der Waals surface area (Å²) in [5, 5.41) is 2.97. The fraction of sp³-hybridized carbons (Fsp3) is 0.933. The van der Waals surface area contributed by atoms with Crippen molar-refractivity contribution in [2.24, 2.45) is 5.92 Å². The second-order valence-electron chi connectivity index (χ2n) is 7.09. The Labute approximate surface area is 113 Å². The fourth-order valence-electron chi connectivity index (χ4n) is 1.54. The number of rotatable bonds is 7. The van der Waals surface area contributed by atoms with Gasteiger partial charge in [-0.3, -0.25) is 4.79 Å². The molecule has 0 aromatic heterocycles. The zero-order valence-electron chi connectivity index (χ0n) is 13.2. The van der Waals surface area contributed by atoms with Gasteiger partial charge in [-0.15, -0.1) is 0 Å². The second-order valence-corrected chi connectivity index (χ2v) is 7.09. The number of hydrogen-bond donors (Lipinski definition) is 1. The highest BCUT2D eigenvalue weighted by atomic mass is 16.5. The quantitative estimate of drug-likeness (QED) is 0.758. The number of carbonyl (C=O) groups excluding carboxylic acids is 1. The molecule has 18 heavy (non-hydrogen) atoms. The van der Waals surface area contributed by atoms with Gasteiger partial charge in [-0.1, -0.05) is 13.8 Å². The van der Waals surface area contributed by atoms with Gasteiger partial charge in [-0.25, -0.2) is 0 Å². The van der Waals surface area contributed by atoms with Gasteiger partial charge in [-0.2, -0.15) is 0 Å². The Morgan fingerprint density at radius 3 is 2.17 bits per heavy atom. The van der Waals surface area contributed by atoms with Gasteiger partial charge < -0.3 is 10.1 Å². The van der Waals surface area contributed by atoms with E-state index in [1.165, 1.54) is 0 Å². The van der Waals surface area contributed by atoms with Crippen molar-refractivity contribution in [3.63, 3.8) is 0 Å². The molecule has 1 N–H and O–H groups in total. The molecule has 0 aromatic rings. The molecule has 0 saturated carbocycles. The maximum absolute atomic E-state index is 11.7. The number of carbonyl (C=O) groups is 1. The van der Waals surface area contributed by atoms with Crippen molar-refractivity contribution in [2.75, 3.05) is 6.61 Å². The zero-order chi connectivity index (χ0) is 14.4. The average Bonchev–Trinajstić information content (AvgIpc) is 2.11. The maximum atomic E-state index is 11.7. The summed E-state index contributed by atoms with van der Waals surface area (Å²) in [5.41, 5.74) is -0.371. The van der Waals surface area contributed by atoms with Crippen molar-refractivity contribution >= 4 is 5.91 Å². The lowest BCUT2D eigenvalue weighted by molar-refractivity contribution is -0.124. The summed E-state index contributed by atoms with van der Waals surface area (Å²) in [6.07, 6.45) is 2.34. The van der Waals surface area contributed by atoms with Crippen LogP contribution in [-0.2, 0) is 9.53 Å². The molecule has 0 atom stereocenters. The van der Waals surface area contributed by atoms with Crippen LogP contribution < -0.4 is 5.32 Å². The van der Waals surface area contributed by atoms with Gasteiger partial charge in [0.1, 0.15) is 0 Å². The van der Waals surface area contributed by atoms with E-state index in [0.29, 0.717) is 12.3 Å². The van der Waals surface area contributed by atoms with Crippen molar-refractivity contribution in [3.05, 3.63) is 0 Å². The standard InChI is InChI=1S/C15H31NO2/c1-12(2)9-11-18-15(6,7)10-8-13(17)16-14(3,4)5/h12H,8-11H2,1-7H3,(H,16,17). The molecule has 0 aliphatic heterocycles. The predicted octanol–water partition coefficient (Wildman–Crippen LogP) is 3.52. The Bertz CT molecular complexity index is 252. The molecule has 0 aromatic carbocycles. The van der Waals surface area contributed by atoms with E-state index in [1.807, 2.05) is 20.8 Å². The fourth-order valence-corrected chi connectivity index (χ4v) is 1.54. The summed E-state index contributed by atoms with van der Waals surface area (Å²) < 4.78 is 5.84. The molecule has 0 rings (SSSR count). The van der Waals surface area contributed by atoms with E-state index >= 15 is 0 Å². The first-order valence-corrected chi connectivity index (χ1v) is 6.97. The number of amides is 1. The van der Waals surface area contributed by atoms with E-state index < -0.39 is 0 Å². The summed E-state index contributed by atoms with van der Waals surface area (Å²) in [6, 6.07) is 0. The van der Waals surface area contributed by atoms with Gasteiger partial charge in [0.2, 0.25) is 5.91 Å². The van der Waals surface area contributed by atoms with E-state index in [-0.39, 0.29) is 17.0 Å². The topological polar surface area (TPSA) is 38.3 Å². The van der Waals surface area contributed by atoms with E-state index in [0.717, 1.165) is 19.4 Å². The molecule has 3 nitrogen and oxygen atoms in total. The lowest BCUT2D eigenvalue weighted by Gasteiger charge is -2.27. The van der Waals surface area contributed by atoms with E-state index in [4.69, 9.17) is 4.74 Å². The molecular formula is C15H31NO2. The maximum Gasteiger partial charge on any atom is 0.220 e. The lowest BCUT2D eigenvalue weighted by atomic mass is 10.0. The molecule has 3 heteroatoms. The molecule has 0 aliphatic rings. The van der Waals surface area contributed by atoms with Gasteiger partial charge in [0.25, 0.3) is 0 Å². The van der Waals surface area contributed by atoms with Crippen LogP contribution in [0, 0.1) is 5.92 Å². The summed E-state index contributed by atoms with van der Waals surface area (Å²) in [4.78, 5) is 11.7. The van der Waals surface area contributed by atoms with Crippen LogP contribution in [-0.4, -0.2) is 23.7 Å². The van der Waals surface area contributed by atoms with Gasteiger partial charge in [0.05, 0.1) is 5.60 Å². The number of hydrogen-bond acceptors (Lipinski definition) is 2. The smallest absolute Gasteiger partial charge is 0.220 e. The minimum absolute atomic E-state index is 0.100. The lowest BCUT2D eigenvalue weighted by Crippen LogP contribution is -2.41. The number of nitrogens with one attached hydrogen (secondary N) is 1. The third kappa shape index (κ3) is 10.6. The molecule has 0 heterocycles. The molecule has 0 unspecified atom stereocenters. The van der Waals surface area contributed by atoms with Crippen LogP contribution in [0.3, 0.4) is 0 Å². The summed E-state index contributed by atoms with van der Waals surface area (Å²) in [5.74, 6) is 0.757. The largest absolute Gasteiger partial charge is 0.376 e. The SMILES string of the molecule is CC(C)CCOC(C)(C)CCC(=O)NC(C)(C)C. The van der Waals surface area contributed by atoms with Crippen molar-refractivity contribution < 1.29 is 9.53 Å². The highest BCUT2D eigenvalue weighted by Crippen LogP contribution is 2.18. The second kappa shape index (κ2) is 7.13. The Morgan fingerprint density at radius 1 is 1.17 bits per heavy atom. The Kier molecular flexibility index (Phi) is 6.90. The predicted molar refractivity (Wildman–Crippen MR) is 76.6 cm³/mol. The third-order valence-corrected chi connectivity index (χ3v) is 2.66. The van der Waals surface area contributed by atoms with Crippen molar-refractivity contribution in [3.8, 4) is 0 Å². The van der Waals surface area contributed by atoms with Crippen LogP contribution in [0.4, 0.5) is 0 Å². The first-order valence-electron chi connectivity index (χ1n) is 6.97. The highest BCUT2D eigenvalue weighted by Gasteiger charge is 2.21. The molecule has 0 saturated heterocycles. The average molecular weight is 257 g/mol. The van der Waals surface area contributed by atoms with Crippen molar-refractivity contribution in [2.45, 2.75) is 78.9 Å². The van der Waals surface area contributed by atoms with Gasteiger partial charge in [0, 0.05) is 18.6 Å². The van der Waals surface area contributed by atoms with Crippen LogP contribution in [0.1, 0.15) is 67.7 Å². The molecule has 1 amide bonds. The molecule has 0 bridgehead atoms. The summed E-state index contributed by atoms with van der Waals surface area (Å²) in [6.45, 7) is 15.2. The molecular weight excluding hydrogens is 226 g/mol. The van der Waals surface area contributed by atoms with Crippen molar-refractivity contribution in [1.82, 2.24) is 5.32 Å². The molecule has 0 fully saturated rings. The van der Waals surface area contributed by atoms with Crippen LogP contribution in [0.2, 0.25) is 0 Å². The van der Waals surface area contributed by atoms with E-state index in [1.54, 1.807) is 0 Å². The van der Waals surface area contributed by atoms with E-state index in [2.05, 4.69) is 33.0 Å². The van der Waals surface area contributed by atoms with Crippen LogP contribution >= 0.6 is 0 Å². The van der Waals surface area contributed by atoms with E-state index in [9.17, 15) is 4.79 Å². The summed E-state index contributed by atoms with van der Waals surface area (Å²) in [7, 11) is 0. The van der Waals surface area contributed by atoms with Gasteiger partial charge >= 0.3 is 0 Å². The summed E-state index contributed by atoms with van der Waals surface area (Å²) >= 11 is 0. The van der Waals surface area contributed by atoms with Crippen LogP contribution in [0.25, 0.3) is 0 Å². The Hall–Kier alpha value is -0.570. The minimum Gasteiger partial charge on any atom is -0.376 e. The van der Waals surface area contributed by atoms with Gasteiger partial charge in [0.15, 0.2) is 0 Å². The monoisotopic (exact) mass is 257 g/mol. The first-order chi connectivity index (χ1) is 8.02. The first kappa shape index (κ1) is 17.4. The molecule has 0 radical (unpaired) electrons. The van der Waals surface area contributed by atoms with Crippen molar-refractivity contribution in [1.29, 1.82) is 0 Å². The number of ether oxygens (including phenoxy) is 1. The normalized spacial score (nSPS) is 12.9. The van der Waals surface area contributed by atoms with Gasteiger partial charge in [-0.05, 0) is 53.4 Å². The minimum atomic E-state index is -0.218. The molecule has 0 spiro atoms. The highest BCUT2D eigenvalue weighted by molar-refractivity contribution is 5.76. The third-order valence-electron chi connectivity index (χ3n) is 2.66. The Morgan fingerprint density at radius 2 is 1.72 bits per heavy atom. The van der Waals surface area contributed by atoms with Crippen LogP contribution in [0.15, 0.2) is 0 Å². The Balaban J connectivity index is 3.92. The molecule has 0 aliphatic carbocycles. The van der Waals surface area contributed by atoms with Crippen LogP contribution in [0.5, 0.6) is 0 Å².